The molecule has 0 spiro atoms. The lowest BCUT2D eigenvalue weighted by Crippen LogP contribution is -2.00. The molecule has 0 unspecified atom stereocenters. The van der Waals surface area contributed by atoms with E-state index in [2.05, 4.69) is 15.3 Å². The predicted molar refractivity (Wildman–Crippen MR) is 94.7 cm³/mol. The summed E-state index contributed by atoms with van der Waals surface area (Å²) >= 11 is 0. The number of rotatable bonds is 3. The summed E-state index contributed by atoms with van der Waals surface area (Å²) in [5.41, 5.74) is 3.03. The minimum absolute atomic E-state index is 0.339. The summed E-state index contributed by atoms with van der Waals surface area (Å²) in [7, 11) is 0. The Labute approximate surface area is 138 Å². The Kier molecular flexibility index (Phi) is 3.63. The van der Waals surface area contributed by atoms with Crippen molar-refractivity contribution in [2.24, 2.45) is 0 Å². The Morgan fingerprint density at radius 1 is 0.792 bits per heavy atom. The van der Waals surface area contributed by atoms with Crippen LogP contribution in [-0.2, 0) is 0 Å². The highest BCUT2D eigenvalue weighted by atomic mass is 19.1. The summed E-state index contributed by atoms with van der Waals surface area (Å²) < 4.78 is 15.2. The van der Waals surface area contributed by atoms with Crippen molar-refractivity contribution in [3.8, 4) is 11.3 Å². The van der Waals surface area contributed by atoms with E-state index in [9.17, 15) is 0 Å². The van der Waals surface area contributed by atoms with Crippen molar-refractivity contribution in [2.75, 3.05) is 5.32 Å². The molecule has 2 aromatic carbocycles. The molecule has 0 aliphatic heterocycles. The number of benzene rings is 2. The van der Waals surface area contributed by atoms with Crippen molar-refractivity contribution in [1.82, 2.24) is 9.97 Å². The highest BCUT2D eigenvalue weighted by Crippen LogP contribution is 2.34. The Morgan fingerprint density at radius 3 is 2.29 bits per heavy atom. The third-order valence-electron chi connectivity index (χ3n) is 3.83. The van der Waals surface area contributed by atoms with E-state index >= 15 is 4.39 Å². The molecular formula is C20H14FN3. The van der Waals surface area contributed by atoms with E-state index in [1.165, 1.54) is 0 Å². The number of nitrogens with one attached hydrogen (secondary N) is 1. The maximum absolute atomic E-state index is 15.2. The molecule has 0 atom stereocenters. The number of anilines is 2. The van der Waals surface area contributed by atoms with E-state index in [-0.39, 0.29) is 5.82 Å². The fraction of sp³-hybridized carbons (Fsp3) is 0. The lowest BCUT2D eigenvalue weighted by atomic mass is 10.1. The molecule has 4 aromatic rings. The predicted octanol–water partition coefficient (Wildman–Crippen LogP) is 5.18. The molecule has 4 heteroatoms. The van der Waals surface area contributed by atoms with Crippen LogP contribution >= 0.6 is 0 Å². The van der Waals surface area contributed by atoms with Gasteiger partial charge in [0.15, 0.2) is 5.82 Å². The van der Waals surface area contributed by atoms with Gasteiger partial charge in [0, 0.05) is 29.0 Å². The average Bonchev–Trinajstić information content (AvgIpc) is 2.65. The van der Waals surface area contributed by atoms with Crippen LogP contribution in [0.1, 0.15) is 0 Å². The first-order valence-electron chi connectivity index (χ1n) is 7.63. The zero-order valence-corrected chi connectivity index (χ0v) is 12.8. The van der Waals surface area contributed by atoms with Crippen LogP contribution in [0.3, 0.4) is 0 Å². The molecule has 2 heterocycles. The third-order valence-corrected chi connectivity index (χ3v) is 3.83. The molecule has 0 fully saturated rings. The average molecular weight is 315 g/mol. The summed E-state index contributed by atoms with van der Waals surface area (Å²) in [5, 5.41) is 3.91. The van der Waals surface area contributed by atoms with Crippen molar-refractivity contribution in [3.05, 3.63) is 84.9 Å². The second kappa shape index (κ2) is 6.08. The summed E-state index contributed by atoms with van der Waals surface area (Å²) in [5.74, 6) is -0.364. The Balaban J connectivity index is 1.95. The molecule has 1 N–H and O–H groups in total. The molecule has 0 saturated carbocycles. The minimum Gasteiger partial charge on any atom is -0.352 e. The summed E-state index contributed by atoms with van der Waals surface area (Å²) in [6.07, 6.45) is 3.34. The second-order valence-corrected chi connectivity index (χ2v) is 5.39. The molecule has 0 amide bonds. The van der Waals surface area contributed by atoms with E-state index in [0.29, 0.717) is 11.4 Å². The van der Waals surface area contributed by atoms with Crippen molar-refractivity contribution >= 4 is 22.3 Å². The normalized spacial score (nSPS) is 10.7. The summed E-state index contributed by atoms with van der Waals surface area (Å²) in [6, 6.07) is 20.5. The number of hydrogen-bond donors (Lipinski definition) is 1. The number of fused-ring (bicyclic) bond motifs is 1. The smallest absolute Gasteiger partial charge is 0.173 e. The second-order valence-electron chi connectivity index (χ2n) is 5.39. The van der Waals surface area contributed by atoms with Crippen molar-refractivity contribution in [2.45, 2.75) is 0 Å². The first kappa shape index (κ1) is 14.3. The van der Waals surface area contributed by atoms with Gasteiger partial charge in [-0.15, -0.1) is 0 Å². The fourth-order valence-electron chi connectivity index (χ4n) is 2.68. The van der Waals surface area contributed by atoms with Crippen LogP contribution in [0, 0.1) is 5.82 Å². The van der Waals surface area contributed by atoms with Gasteiger partial charge in [-0.25, -0.2) is 9.37 Å². The van der Waals surface area contributed by atoms with Gasteiger partial charge in [0.25, 0.3) is 0 Å². The van der Waals surface area contributed by atoms with E-state index in [1.54, 1.807) is 24.5 Å². The lowest BCUT2D eigenvalue weighted by Gasteiger charge is -2.14. The van der Waals surface area contributed by atoms with Gasteiger partial charge in [-0.3, -0.25) is 4.98 Å². The SMILES string of the molecule is Fc1c(-c2ccccc2)nc2ccccc2c1Nc1ccncc1. The molecule has 2 aromatic heterocycles. The van der Waals surface area contributed by atoms with Crippen molar-refractivity contribution < 1.29 is 4.39 Å². The molecule has 116 valence electrons. The zero-order valence-electron chi connectivity index (χ0n) is 12.8. The lowest BCUT2D eigenvalue weighted by molar-refractivity contribution is 0.632. The third kappa shape index (κ3) is 2.58. The Hall–Kier alpha value is -3.27. The van der Waals surface area contributed by atoms with Gasteiger partial charge < -0.3 is 5.32 Å². The van der Waals surface area contributed by atoms with Gasteiger partial charge in [0.05, 0.1) is 11.2 Å². The van der Waals surface area contributed by atoms with E-state index in [4.69, 9.17) is 0 Å². The molecule has 0 aliphatic rings. The number of pyridine rings is 2. The number of nitrogens with zero attached hydrogens (tertiary/aromatic N) is 2. The van der Waals surface area contributed by atoms with Gasteiger partial charge >= 0.3 is 0 Å². The summed E-state index contributed by atoms with van der Waals surface area (Å²) in [6.45, 7) is 0. The molecule has 0 saturated heterocycles. The molecular weight excluding hydrogens is 301 g/mol. The molecule has 3 nitrogen and oxygen atoms in total. The molecule has 0 aliphatic carbocycles. The van der Waals surface area contributed by atoms with Crippen LogP contribution in [-0.4, -0.2) is 9.97 Å². The van der Waals surface area contributed by atoms with Gasteiger partial charge in [0.1, 0.15) is 5.69 Å². The molecule has 0 radical (unpaired) electrons. The number of aromatic nitrogens is 2. The number of hydrogen-bond acceptors (Lipinski definition) is 3. The van der Waals surface area contributed by atoms with Crippen LogP contribution < -0.4 is 5.32 Å². The largest absolute Gasteiger partial charge is 0.352 e. The van der Waals surface area contributed by atoms with Gasteiger partial charge in [-0.05, 0) is 18.2 Å². The monoisotopic (exact) mass is 315 g/mol. The van der Waals surface area contributed by atoms with E-state index in [1.807, 2.05) is 54.6 Å². The minimum atomic E-state index is -0.364. The molecule has 24 heavy (non-hydrogen) atoms. The maximum atomic E-state index is 15.2. The van der Waals surface area contributed by atoms with Crippen molar-refractivity contribution in [1.29, 1.82) is 0 Å². The first-order chi connectivity index (χ1) is 11.8. The number of para-hydroxylation sites is 1. The standard InChI is InChI=1S/C20H14FN3/c21-18-19(14-6-2-1-3-7-14)24-17-9-5-4-8-16(17)20(18)23-15-10-12-22-13-11-15/h1-13H,(H,22,23,24). The molecule has 4 rings (SSSR count). The maximum Gasteiger partial charge on any atom is 0.173 e. The first-order valence-corrected chi connectivity index (χ1v) is 7.63. The van der Waals surface area contributed by atoms with E-state index in [0.717, 1.165) is 22.2 Å². The Morgan fingerprint density at radius 2 is 1.50 bits per heavy atom. The Bertz CT molecular complexity index is 986. The zero-order chi connectivity index (χ0) is 16.4. The molecule has 0 bridgehead atoms. The van der Waals surface area contributed by atoms with Crippen LogP contribution in [0.4, 0.5) is 15.8 Å². The highest BCUT2D eigenvalue weighted by Gasteiger charge is 2.16. The number of halogens is 1. The highest BCUT2D eigenvalue weighted by molar-refractivity contribution is 5.95. The van der Waals surface area contributed by atoms with Crippen LogP contribution in [0.2, 0.25) is 0 Å². The van der Waals surface area contributed by atoms with E-state index < -0.39 is 0 Å². The quantitative estimate of drug-likeness (QED) is 0.566. The van der Waals surface area contributed by atoms with Crippen LogP contribution in [0.15, 0.2) is 79.1 Å². The van der Waals surface area contributed by atoms with Crippen molar-refractivity contribution in [3.63, 3.8) is 0 Å². The topological polar surface area (TPSA) is 37.8 Å². The fourth-order valence-corrected chi connectivity index (χ4v) is 2.68. The van der Waals surface area contributed by atoms with Crippen LogP contribution in [0.25, 0.3) is 22.2 Å². The summed E-state index contributed by atoms with van der Waals surface area (Å²) in [4.78, 5) is 8.51. The van der Waals surface area contributed by atoms with Crippen LogP contribution in [0.5, 0.6) is 0 Å². The van der Waals surface area contributed by atoms with Gasteiger partial charge in [0.2, 0.25) is 0 Å². The van der Waals surface area contributed by atoms with Gasteiger partial charge in [-0.2, -0.15) is 0 Å². The van der Waals surface area contributed by atoms with Gasteiger partial charge in [-0.1, -0.05) is 48.5 Å².